The molecule has 226 valence electrons. The summed E-state index contributed by atoms with van der Waals surface area (Å²) in [6, 6.07) is 25.1. The van der Waals surface area contributed by atoms with E-state index in [1.807, 2.05) is 72.8 Å². The Bertz CT molecular complexity index is 1360. The normalized spacial score (nSPS) is 15.6. The van der Waals surface area contributed by atoms with Crippen LogP contribution in [0.2, 0.25) is 0 Å². The molecule has 0 bridgehead atoms. The van der Waals surface area contributed by atoms with Gasteiger partial charge in [-0.05, 0) is 50.3 Å². The lowest BCUT2D eigenvalue weighted by molar-refractivity contribution is -0.154. The van der Waals surface area contributed by atoms with Crippen LogP contribution in [0.1, 0.15) is 61.8 Å². The molecule has 9 nitrogen and oxygen atoms in total. The second-order valence-electron chi connectivity index (χ2n) is 11.8. The van der Waals surface area contributed by atoms with Gasteiger partial charge in [0.2, 0.25) is 11.8 Å². The summed E-state index contributed by atoms with van der Waals surface area (Å²) in [5.74, 6) is -1.37. The third kappa shape index (κ3) is 8.51. The number of rotatable bonds is 11. The molecule has 0 aliphatic carbocycles. The van der Waals surface area contributed by atoms with E-state index in [0.717, 1.165) is 16.7 Å². The molecule has 1 fully saturated rings. The van der Waals surface area contributed by atoms with Gasteiger partial charge in [0.15, 0.2) is 0 Å². The summed E-state index contributed by atoms with van der Waals surface area (Å²) in [4.78, 5) is 42.2. The predicted octanol–water partition coefficient (Wildman–Crippen LogP) is 3.71. The van der Waals surface area contributed by atoms with E-state index in [2.05, 4.69) is 10.6 Å². The van der Waals surface area contributed by atoms with E-state index in [0.29, 0.717) is 24.9 Å². The predicted molar refractivity (Wildman–Crippen MR) is 166 cm³/mol. The van der Waals surface area contributed by atoms with E-state index in [-0.39, 0.29) is 30.7 Å². The summed E-state index contributed by atoms with van der Waals surface area (Å²) in [5.41, 5.74) is 8.18. The van der Waals surface area contributed by atoms with Crippen molar-refractivity contribution in [1.29, 1.82) is 5.41 Å². The molecular weight excluding hydrogens is 542 g/mol. The zero-order valence-corrected chi connectivity index (χ0v) is 25.0. The maximum absolute atomic E-state index is 14.4. The fraction of sp³-hybridized carbons (Fsp3) is 0.353. The lowest BCUT2D eigenvalue weighted by Gasteiger charge is -2.34. The van der Waals surface area contributed by atoms with Gasteiger partial charge in [-0.15, -0.1) is 0 Å². The van der Waals surface area contributed by atoms with Crippen LogP contribution >= 0.6 is 0 Å². The van der Waals surface area contributed by atoms with Gasteiger partial charge in [-0.1, -0.05) is 84.9 Å². The number of carbonyl (C=O) groups excluding carboxylic acids is 3. The molecule has 3 aromatic rings. The minimum absolute atomic E-state index is 0.0187. The number of amidine groups is 1. The Morgan fingerprint density at radius 1 is 0.953 bits per heavy atom. The smallest absolute Gasteiger partial charge is 0.320 e. The molecule has 3 aromatic carbocycles. The third-order valence-electron chi connectivity index (χ3n) is 7.37. The first-order valence-electron chi connectivity index (χ1n) is 14.6. The standard InChI is InChI=1S/C34H41N5O4/c1-34(2,3)43-28(40)22-37-30(29(24-11-6-4-7-12-24)25-13-8-5-9-14-25)33(42)39-20-10-15-27(39)32(41)38-21-23-16-18-26(19-17-23)31(35)36/h4-9,11-14,16-19,27,29-30,37H,10,15,20-22H2,1-3H3,(H3,35,36)(H,38,41)/t27-,30+/m0/s1. The summed E-state index contributed by atoms with van der Waals surface area (Å²) in [6.45, 7) is 5.96. The zero-order chi connectivity index (χ0) is 31.0. The van der Waals surface area contributed by atoms with Crippen LogP contribution in [-0.4, -0.2) is 59.3 Å². The number of hydrogen-bond donors (Lipinski definition) is 4. The first kappa shape index (κ1) is 31.4. The number of amides is 2. The number of nitrogen functional groups attached to an aromatic ring is 1. The van der Waals surface area contributed by atoms with Gasteiger partial charge in [-0.3, -0.25) is 25.1 Å². The molecule has 4 rings (SSSR count). The van der Waals surface area contributed by atoms with Gasteiger partial charge in [0.05, 0.1) is 12.6 Å². The van der Waals surface area contributed by atoms with Gasteiger partial charge < -0.3 is 20.7 Å². The van der Waals surface area contributed by atoms with Crippen molar-refractivity contribution in [3.8, 4) is 0 Å². The van der Waals surface area contributed by atoms with Crippen molar-refractivity contribution in [2.24, 2.45) is 5.73 Å². The lowest BCUT2D eigenvalue weighted by atomic mass is 9.84. The highest BCUT2D eigenvalue weighted by Gasteiger charge is 2.41. The van der Waals surface area contributed by atoms with Crippen LogP contribution in [0.5, 0.6) is 0 Å². The van der Waals surface area contributed by atoms with Crippen molar-refractivity contribution in [2.75, 3.05) is 13.1 Å². The zero-order valence-electron chi connectivity index (χ0n) is 25.0. The number of carbonyl (C=O) groups is 3. The van der Waals surface area contributed by atoms with E-state index < -0.39 is 29.6 Å². The van der Waals surface area contributed by atoms with E-state index in [1.54, 1.807) is 37.8 Å². The highest BCUT2D eigenvalue weighted by molar-refractivity contribution is 5.95. The van der Waals surface area contributed by atoms with E-state index >= 15 is 0 Å². The van der Waals surface area contributed by atoms with Crippen LogP contribution in [-0.2, 0) is 25.7 Å². The number of likely N-dealkylation sites (tertiary alicyclic amines) is 1. The Morgan fingerprint density at radius 2 is 1.53 bits per heavy atom. The largest absolute Gasteiger partial charge is 0.459 e. The molecule has 1 heterocycles. The van der Waals surface area contributed by atoms with Crippen LogP contribution in [0.25, 0.3) is 0 Å². The maximum atomic E-state index is 14.4. The number of nitrogens with two attached hydrogens (primary N) is 1. The summed E-state index contributed by atoms with van der Waals surface area (Å²) in [6.07, 6.45) is 1.23. The molecule has 0 unspecified atom stereocenters. The quantitative estimate of drug-likeness (QED) is 0.154. The Balaban J connectivity index is 1.58. The molecule has 2 atom stereocenters. The Hall–Kier alpha value is -4.50. The average molecular weight is 584 g/mol. The molecule has 1 aliphatic rings. The molecule has 1 saturated heterocycles. The first-order chi connectivity index (χ1) is 20.5. The summed E-state index contributed by atoms with van der Waals surface area (Å²) in [7, 11) is 0. The molecule has 0 aromatic heterocycles. The molecule has 0 radical (unpaired) electrons. The van der Waals surface area contributed by atoms with Crippen molar-refractivity contribution < 1.29 is 19.1 Å². The minimum atomic E-state index is -0.829. The van der Waals surface area contributed by atoms with Crippen molar-refractivity contribution in [3.05, 3.63) is 107 Å². The van der Waals surface area contributed by atoms with Crippen molar-refractivity contribution in [1.82, 2.24) is 15.5 Å². The van der Waals surface area contributed by atoms with Gasteiger partial charge in [0.25, 0.3) is 0 Å². The van der Waals surface area contributed by atoms with Crippen molar-refractivity contribution in [2.45, 2.75) is 63.8 Å². The Kier molecular flexibility index (Phi) is 10.3. The van der Waals surface area contributed by atoms with Gasteiger partial charge in [0.1, 0.15) is 17.5 Å². The number of benzene rings is 3. The Labute approximate surface area is 253 Å². The van der Waals surface area contributed by atoms with Crippen molar-refractivity contribution >= 4 is 23.6 Å². The van der Waals surface area contributed by atoms with E-state index in [9.17, 15) is 14.4 Å². The average Bonchev–Trinajstić information content (AvgIpc) is 3.48. The number of esters is 1. The fourth-order valence-corrected chi connectivity index (χ4v) is 5.41. The monoisotopic (exact) mass is 583 g/mol. The first-order valence-corrected chi connectivity index (χ1v) is 14.6. The lowest BCUT2D eigenvalue weighted by Crippen LogP contribution is -2.55. The molecule has 0 saturated carbocycles. The number of ether oxygens (including phenoxy) is 1. The fourth-order valence-electron chi connectivity index (χ4n) is 5.41. The summed E-state index contributed by atoms with van der Waals surface area (Å²) < 4.78 is 5.53. The topological polar surface area (TPSA) is 138 Å². The molecule has 5 N–H and O–H groups in total. The highest BCUT2D eigenvalue weighted by atomic mass is 16.6. The molecule has 0 spiro atoms. The van der Waals surface area contributed by atoms with Crippen LogP contribution in [0, 0.1) is 5.41 Å². The molecule has 9 heteroatoms. The third-order valence-corrected chi connectivity index (χ3v) is 7.37. The van der Waals surface area contributed by atoms with Crippen LogP contribution in [0.3, 0.4) is 0 Å². The van der Waals surface area contributed by atoms with Crippen LogP contribution < -0.4 is 16.4 Å². The van der Waals surface area contributed by atoms with Gasteiger partial charge in [0, 0.05) is 24.6 Å². The minimum Gasteiger partial charge on any atom is -0.459 e. The number of nitrogens with zero attached hydrogens (tertiary/aromatic N) is 1. The highest BCUT2D eigenvalue weighted by Crippen LogP contribution is 2.31. The summed E-state index contributed by atoms with van der Waals surface area (Å²) >= 11 is 0. The molecule has 2 amide bonds. The van der Waals surface area contributed by atoms with Gasteiger partial charge in [-0.25, -0.2) is 0 Å². The van der Waals surface area contributed by atoms with Gasteiger partial charge in [-0.2, -0.15) is 0 Å². The second kappa shape index (κ2) is 14.1. The SMILES string of the molecule is CC(C)(C)OC(=O)CN[C@@H](C(=O)N1CCC[C@H]1C(=O)NCc1ccc(C(=N)N)cc1)C(c1ccccc1)c1ccccc1. The number of nitrogens with one attached hydrogen (secondary N) is 3. The summed E-state index contributed by atoms with van der Waals surface area (Å²) in [5, 5.41) is 13.7. The van der Waals surface area contributed by atoms with E-state index in [1.165, 1.54) is 0 Å². The van der Waals surface area contributed by atoms with Gasteiger partial charge >= 0.3 is 5.97 Å². The number of hydrogen-bond acceptors (Lipinski definition) is 6. The van der Waals surface area contributed by atoms with Crippen molar-refractivity contribution in [3.63, 3.8) is 0 Å². The van der Waals surface area contributed by atoms with Crippen LogP contribution in [0.4, 0.5) is 0 Å². The Morgan fingerprint density at radius 3 is 2.07 bits per heavy atom. The van der Waals surface area contributed by atoms with E-state index in [4.69, 9.17) is 15.9 Å². The molecule has 1 aliphatic heterocycles. The maximum Gasteiger partial charge on any atom is 0.320 e. The molecule has 43 heavy (non-hydrogen) atoms. The molecular formula is C34H41N5O4. The van der Waals surface area contributed by atoms with Crippen LogP contribution in [0.15, 0.2) is 84.9 Å². The second-order valence-corrected chi connectivity index (χ2v) is 11.8.